The van der Waals surface area contributed by atoms with Crippen LogP contribution >= 0.6 is 0 Å². The lowest BCUT2D eigenvalue weighted by Crippen LogP contribution is -2.34. The van der Waals surface area contributed by atoms with Crippen LogP contribution < -0.4 is 5.73 Å². The van der Waals surface area contributed by atoms with Crippen LogP contribution in [0, 0.1) is 11.8 Å². The first-order valence-corrected chi connectivity index (χ1v) is 5.75. The van der Waals surface area contributed by atoms with E-state index in [1.54, 1.807) is 0 Å². The Kier molecular flexibility index (Phi) is 2.89. The van der Waals surface area contributed by atoms with Crippen LogP contribution in [0.2, 0.25) is 0 Å². The topological polar surface area (TPSA) is 29.3 Å². The molecule has 2 fully saturated rings. The Bertz CT molecular complexity index is 155. The van der Waals surface area contributed by atoms with Crippen molar-refractivity contribution in [3.8, 4) is 0 Å². The maximum absolute atomic E-state index is 5.72. The van der Waals surface area contributed by atoms with Crippen LogP contribution in [-0.4, -0.2) is 30.6 Å². The highest BCUT2D eigenvalue weighted by molar-refractivity contribution is 4.89. The average Bonchev–Trinajstić information content (AvgIpc) is 2.59. The normalized spacial score (nSPS) is 37.4. The van der Waals surface area contributed by atoms with E-state index in [-0.39, 0.29) is 0 Å². The number of hydrogen-bond acceptors (Lipinski definition) is 2. The fourth-order valence-corrected chi connectivity index (χ4v) is 2.90. The first-order valence-electron chi connectivity index (χ1n) is 5.75. The van der Waals surface area contributed by atoms with Gasteiger partial charge in [-0.2, -0.15) is 0 Å². The van der Waals surface area contributed by atoms with Crippen LogP contribution in [0.5, 0.6) is 0 Å². The first kappa shape index (κ1) is 9.47. The summed E-state index contributed by atoms with van der Waals surface area (Å²) >= 11 is 0. The van der Waals surface area contributed by atoms with E-state index in [0.29, 0.717) is 0 Å². The lowest BCUT2D eigenvalue weighted by molar-refractivity contribution is 0.194. The van der Waals surface area contributed by atoms with Gasteiger partial charge in [0.05, 0.1) is 0 Å². The van der Waals surface area contributed by atoms with Gasteiger partial charge in [0.1, 0.15) is 0 Å². The minimum absolute atomic E-state index is 0.727. The molecule has 76 valence electrons. The molecule has 13 heavy (non-hydrogen) atoms. The molecule has 0 aromatic rings. The number of fused-ring (bicyclic) bond motifs is 1. The molecule has 2 aliphatic heterocycles. The molecule has 2 N–H and O–H groups in total. The molecular weight excluding hydrogens is 160 g/mol. The lowest BCUT2D eigenvalue weighted by Gasteiger charge is -2.28. The highest BCUT2D eigenvalue weighted by Crippen LogP contribution is 2.33. The van der Waals surface area contributed by atoms with Gasteiger partial charge in [-0.15, -0.1) is 0 Å². The summed E-state index contributed by atoms with van der Waals surface area (Å²) in [6.07, 6.45) is 5.72. The molecule has 2 heterocycles. The highest BCUT2D eigenvalue weighted by atomic mass is 15.2. The van der Waals surface area contributed by atoms with Gasteiger partial charge in [0.25, 0.3) is 0 Å². The van der Waals surface area contributed by atoms with E-state index in [0.717, 1.165) is 24.4 Å². The maximum Gasteiger partial charge on any atom is 0.00986 e. The molecule has 0 amide bonds. The average molecular weight is 182 g/mol. The standard InChI is InChI=1S/C11H22N2/c1-9(7-12)10-6-11-4-2-3-5-13(11)8-10/h9-11H,2-8,12H2,1H3. The fourth-order valence-electron chi connectivity index (χ4n) is 2.90. The zero-order chi connectivity index (χ0) is 9.26. The SMILES string of the molecule is CC(CN)C1CC2CCCCN2C1. The Morgan fingerprint density at radius 3 is 3.00 bits per heavy atom. The zero-order valence-corrected chi connectivity index (χ0v) is 8.71. The Hall–Kier alpha value is -0.0800. The van der Waals surface area contributed by atoms with Gasteiger partial charge in [0.15, 0.2) is 0 Å². The van der Waals surface area contributed by atoms with Crippen molar-refractivity contribution >= 4 is 0 Å². The third-order valence-electron chi connectivity index (χ3n) is 3.97. The van der Waals surface area contributed by atoms with E-state index in [9.17, 15) is 0 Å². The van der Waals surface area contributed by atoms with Crippen molar-refractivity contribution in [3.05, 3.63) is 0 Å². The highest BCUT2D eigenvalue weighted by Gasteiger charge is 2.35. The van der Waals surface area contributed by atoms with Crippen LogP contribution in [0.1, 0.15) is 32.6 Å². The van der Waals surface area contributed by atoms with E-state index in [1.807, 2.05) is 0 Å². The molecule has 0 bridgehead atoms. The summed E-state index contributed by atoms with van der Waals surface area (Å²) in [4.78, 5) is 2.69. The van der Waals surface area contributed by atoms with Crippen LogP contribution in [0.3, 0.4) is 0 Å². The quantitative estimate of drug-likeness (QED) is 0.700. The summed E-state index contributed by atoms with van der Waals surface area (Å²) in [6.45, 7) is 5.84. The Morgan fingerprint density at radius 1 is 1.46 bits per heavy atom. The van der Waals surface area contributed by atoms with Crippen molar-refractivity contribution in [3.63, 3.8) is 0 Å². The lowest BCUT2D eigenvalue weighted by atomic mass is 9.90. The predicted molar refractivity (Wildman–Crippen MR) is 55.5 cm³/mol. The summed E-state index contributed by atoms with van der Waals surface area (Å²) in [5.41, 5.74) is 5.72. The van der Waals surface area contributed by atoms with Crippen LogP contribution in [0.15, 0.2) is 0 Å². The molecule has 3 atom stereocenters. The van der Waals surface area contributed by atoms with Gasteiger partial charge in [0, 0.05) is 12.6 Å². The van der Waals surface area contributed by atoms with Crippen molar-refractivity contribution in [2.45, 2.75) is 38.6 Å². The van der Waals surface area contributed by atoms with Gasteiger partial charge < -0.3 is 10.6 Å². The summed E-state index contributed by atoms with van der Waals surface area (Å²) < 4.78 is 0. The zero-order valence-electron chi connectivity index (χ0n) is 8.71. The largest absolute Gasteiger partial charge is 0.330 e. The molecule has 2 rings (SSSR count). The Balaban J connectivity index is 1.91. The van der Waals surface area contributed by atoms with Crippen molar-refractivity contribution in [1.29, 1.82) is 0 Å². The number of piperidine rings is 1. The van der Waals surface area contributed by atoms with Crippen molar-refractivity contribution < 1.29 is 0 Å². The number of nitrogens with zero attached hydrogens (tertiary/aromatic N) is 1. The molecule has 0 spiro atoms. The monoisotopic (exact) mass is 182 g/mol. The van der Waals surface area contributed by atoms with Crippen molar-refractivity contribution in [2.75, 3.05) is 19.6 Å². The second kappa shape index (κ2) is 3.97. The van der Waals surface area contributed by atoms with E-state index < -0.39 is 0 Å². The molecule has 0 saturated carbocycles. The second-order valence-corrected chi connectivity index (χ2v) is 4.85. The Labute approximate surface area is 81.5 Å². The summed E-state index contributed by atoms with van der Waals surface area (Å²) in [5.74, 6) is 1.61. The predicted octanol–water partition coefficient (Wildman–Crippen LogP) is 1.46. The van der Waals surface area contributed by atoms with E-state index in [2.05, 4.69) is 11.8 Å². The van der Waals surface area contributed by atoms with Crippen molar-refractivity contribution in [2.24, 2.45) is 17.6 Å². The molecule has 0 radical (unpaired) electrons. The van der Waals surface area contributed by atoms with Gasteiger partial charge in [-0.1, -0.05) is 13.3 Å². The second-order valence-electron chi connectivity index (χ2n) is 4.85. The molecule has 3 unspecified atom stereocenters. The van der Waals surface area contributed by atoms with Gasteiger partial charge in [-0.25, -0.2) is 0 Å². The molecule has 0 aromatic carbocycles. The van der Waals surface area contributed by atoms with Gasteiger partial charge in [-0.3, -0.25) is 0 Å². The van der Waals surface area contributed by atoms with Crippen molar-refractivity contribution in [1.82, 2.24) is 4.90 Å². The maximum atomic E-state index is 5.72. The smallest absolute Gasteiger partial charge is 0.00986 e. The minimum atomic E-state index is 0.727. The fraction of sp³-hybridized carbons (Fsp3) is 1.00. The molecule has 0 aliphatic carbocycles. The van der Waals surface area contributed by atoms with Crippen LogP contribution in [0.4, 0.5) is 0 Å². The molecule has 2 heteroatoms. The number of rotatable bonds is 2. The first-order chi connectivity index (χ1) is 6.31. The third kappa shape index (κ3) is 1.89. The van der Waals surface area contributed by atoms with Gasteiger partial charge >= 0.3 is 0 Å². The molecular formula is C11H22N2. The minimum Gasteiger partial charge on any atom is -0.330 e. The molecule has 0 aromatic heterocycles. The Morgan fingerprint density at radius 2 is 2.31 bits per heavy atom. The summed E-state index contributed by atoms with van der Waals surface area (Å²) in [6, 6.07) is 0.910. The van der Waals surface area contributed by atoms with Crippen LogP contribution in [-0.2, 0) is 0 Å². The van der Waals surface area contributed by atoms with Gasteiger partial charge in [-0.05, 0) is 44.2 Å². The van der Waals surface area contributed by atoms with Crippen LogP contribution in [0.25, 0.3) is 0 Å². The van der Waals surface area contributed by atoms with Gasteiger partial charge in [0.2, 0.25) is 0 Å². The summed E-state index contributed by atoms with van der Waals surface area (Å²) in [7, 11) is 0. The molecule has 2 aliphatic rings. The van der Waals surface area contributed by atoms with E-state index in [1.165, 1.54) is 38.8 Å². The van der Waals surface area contributed by atoms with E-state index >= 15 is 0 Å². The van der Waals surface area contributed by atoms with E-state index in [4.69, 9.17) is 5.73 Å². The number of hydrogen-bond donors (Lipinski definition) is 1. The molecule has 2 saturated heterocycles. The summed E-state index contributed by atoms with van der Waals surface area (Å²) in [5, 5.41) is 0. The molecule has 2 nitrogen and oxygen atoms in total. The third-order valence-corrected chi connectivity index (χ3v) is 3.97. The number of nitrogens with two attached hydrogens (primary N) is 1.